The quantitative estimate of drug-likeness (QED) is 0.798. The van der Waals surface area contributed by atoms with Gasteiger partial charge < -0.3 is 14.5 Å². The molecule has 1 aliphatic heterocycles. The van der Waals surface area contributed by atoms with Crippen molar-refractivity contribution in [3.05, 3.63) is 29.8 Å². The van der Waals surface area contributed by atoms with Crippen molar-refractivity contribution in [2.45, 2.75) is 19.5 Å². The Morgan fingerprint density at radius 2 is 1.95 bits per heavy atom. The molecule has 0 amide bonds. The fourth-order valence-electron chi connectivity index (χ4n) is 2.46. The molecule has 1 fully saturated rings. The van der Waals surface area contributed by atoms with Crippen LogP contribution in [0.1, 0.15) is 12.0 Å². The van der Waals surface area contributed by atoms with Crippen LogP contribution in [0.2, 0.25) is 0 Å². The number of aryl methyl sites for hydroxylation is 1. The highest BCUT2D eigenvalue weighted by atomic mass is 19.3. The maximum atomic E-state index is 12.1. The van der Waals surface area contributed by atoms with Gasteiger partial charge in [-0.2, -0.15) is 8.78 Å². The molecule has 1 aromatic rings. The lowest BCUT2D eigenvalue weighted by Gasteiger charge is -2.32. The number of ether oxygens (including phenoxy) is 1. The maximum Gasteiger partial charge on any atom is 0.387 e. The number of likely N-dealkylation sites (N-methyl/N-ethyl adjacent to an activating group) is 1. The topological polar surface area (TPSA) is 15.7 Å². The molecular weight excluding hydrogens is 262 g/mol. The van der Waals surface area contributed by atoms with Crippen LogP contribution in [0.5, 0.6) is 5.75 Å². The molecule has 20 heavy (non-hydrogen) atoms. The predicted molar refractivity (Wildman–Crippen MR) is 75.3 cm³/mol. The Bertz CT molecular complexity index is 407. The largest absolute Gasteiger partial charge is 0.435 e. The first kappa shape index (κ1) is 15.2. The van der Waals surface area contributed by atoms with Gasteiger partial charge in [0.25, 0.3) is 0 Å². The van der Waals surface area contributed by atoms with Gasteiger partial charge in [0.1, 0.15) is 5.75 Å². The minimum atomic E-state index is -2.75. The molecule has 0 spiro atoms. The van der Waals surface area contributed by atoms with E-state index in [1.807, 2.05) is 6.07 Å². The zero-order valence-electron chi connectivity index (χ0n) is 11.9. The third-order valence-electron chi connectivity index (χ3n) is 3.66. The fourth-order valence-corrected chi connectivity index (χ4v) is 2.46. The van der Waals surface area contributed by atoms with Gasteiger partial charge in [0.15, 0.2) is 0 Å². The highest BCUT2D eigenvalue weighted by Crippen LogP contribution is 2.17. The number of hydrogen-bond acceptors (Lipinski definition) is 3. The monoisotopic (exact) mass is 284 g/mol. The second-order valence-electron chi connectivity index (χ2n) is 5.27. The van der Waals surface area contributed by atoms with Gasteiger partial charge in [-0.1, -0.05) is 12.1 Å². The number of halogens is 2. The number of hydrogen-bond donors (Lipinski definition) is 0. The highest BCUT2D eigenvalue weighted by Gasteiger charge is 2.13. The maximum absolute atomic E-state index is 12.1. The summed E-state index contributed by atoms with van der Waals surface area (Å²) in [6.45, 7) is 2.79. The van der Waals surface area contributed by atoms with Crippen molar-refractivity contribution in [3.8, 4) is 5.75 Å². The van der Waals surface area contributed by atoms with Gasteiger partial charge in [-0.25, -0.2) is 0 Å². The van der Waals surface area contributed by atoms with Crippen LogP contribution < -0.4 is 4.74 Å². The number of rotatable bonds is 6. The molecule has 0 aliphatic carbocycles. The van der Waals surface area contributed by atoms with Crippen molar-refractivity contribution in [1.82, 2.24) is 9.80 Å². The Hall–Kier alpha value is -1.20. The summed E-state index contributed by atoms with van der Waals surface area (Å²) in [6, 6.07) is 7.00. The first-order valence-corrected chi connectivity index (χ1v) is 7.08. The van der Waals surface area contributed by atoms with E-state index in [0.29, 0.717) is 0 Å². The van der Waals surface area contributed by atoms with E-state index >= 15 is 0 Å². The lowest BCUT2D eigenvalue weighted by molar-refractivity contribution is -0.0498. The molecule has 5 heteroatoms. The standard InChI is InChI=1S/C15H22F2N2O/c1-18-8-10-19(11-9-18)7-3-5-13-4-2-6-14(12-13)20-15(16)17/h2,4,6,12,15H,3,5,7-11H2,1H3. The molecule has 0 radical (unpaired) electrons. The smallest absolute Gasteiger partial charge is 0.387 e. The third-order valence-corrected chi connectivity index (χ3v) is 3.66. The molecule has 0 atom stereocenters. The average molecular weight is 284 g/mol. The highest BCUT2D eigenvalue weighted by molar-refractivity contribution is 5.28. The van der Waals surface area contributed by atoms with Crippen molar-refractivity contribution in [1.29, 1.82) is 0 Å². The molecule has 1 aromatic carbocycles. The van der Waals surface area contributed by atoms with Gasteiger partial charge in [-0.05, 0) is 44.1 Å². The second-order valence-corrected chi connectivity index (χ2v) is 5.27. The lowest BCUT2D eigenvalue weighted by Crippen LogP contribution is -2.44. The molecule has 1 heterocycles. The van der Waals surface area contributed by atoms with Gasteiger partial charge in [0, 0.05) is 26.2 Å². The van der Waals surface area contributed by atoms with Gasteiger partial charge in [-0.15, -0.1) is 0 Å². The number of piperazine rings is 1. The minimum absolute atomic E-state index is 0.247. The first-order valence-electron chi connectivity index (χ1n) is 7.08. The summed E-state index contributed by atoms with van der Waals surface area (Å²) < 4.78 is 28.7. The summed E-state index contributed by atoms with van der Waals surface area (Å²) in [7, 11) is 2.14. The Balaban J connectivity index is 1.73. The summed E-state index contributed by atoms with van der Waals surface area (Å²) in [6.07, 6.45) is 1.94. The Labute approximate surface area is 119 Å². The molecule has 0 saturated carbocycles. The SMILES string of the molecule is CN1CCN(CCCc2cccc(OC(F)F)c2)CC1. The van der Waals surface area contributed by atoms with Crippen LogP contribution in [0.4, 0.5) is 8.78 Å². The zero-order chi connectivity index (χ0) is 14.4. The van der Waals surface area contributed by atoms with Crippen LogP contribution in [0.3, 0.4) is 0 Å². The van der Waals surface area contributed by atoms with E-state index in [9.17, 15) is 8.78 Å². The van der Waals surface area contributed by atoms with Crippen LogP contribution in [0, 0.1) is 0 Å². The van der Waals surface area contributed by atoms with Crippen LogP contribution in [-0.4, -0.2) is 56.2 Å². The van der Waals surface area contributed by atoms with Crippen LogP contribution >= 0.6 is 0 Å². The summed E-state index contributed by atoms with van der Waals surface area (Å²) in [5, 5.41) is 0. The third kappa shape index (κ3) is 5.06. The van der Waals surface area contributed by atoms with Crippen molar-refractivity contribution in [3.63, 3.8) is 0 Å². The van der Waals surface area contributed by atoms with Crippen LogP contribution in [0.25, 0.3) is 0 Å². The Morgan fingerprint density at radius 3 is 2.65 bits per heavy atom. The number of benzene rings is 1. The average Bonchev–Trinajstić information content (AvgIpc) is 2.41. The van der Waals surface area contributed by atoms with E-state index in [0.717, 1.165) is 51.1 Å². The van der Waals surface area contributed by atoms with E-state index in [-0.39, 0.29) is 5.75 Å². The summed E-state index contributed by atoms with van der Waals surface area (Å²) in [5.41, 5.74) is 1.05. The number of nitrogens with zero attached hydrogens (tertiary/aromatic N) is 2. The molecule has 0 unspecified atom stereocenters. The van der Waals surface area contributed by atoms with E-state index in [2.05, 4.69) is 21.6 Å². The molecule has 2 rings (SSSR count). The van der Waals surface area contributed by atoms with E-state index in [4.69, 9.17) is 0 Å². The molecule has 1 aliphatic rings. The first-order chi connectivity index (χ1) is 9.63. The van der Waals surface area contributed by atoms with Gasteiger partial charge in [0.05, 0.1) is 0 Å². The Kier molecular flexibility index (Phi) is 5.73. The van der Waals surface area contributed by atoms with Gasteiger partial charge >= 0.3 is 6.61 Å². The van der Waals surface area contributed by atoms with Crippen molar-refractivity contribution >= 4 is 0 Å². The van der Waals surface area contributed by atoms with E-state index in [1.54, 1.807) is 18.2 Å². The van der Waals surface area contributed by atoms with E-state index < -0.39 is 6.61 Å². The molecule has 0 aromatic heterocycles. The zero-order valence-corrected chi connectivity index (χ0v) is 11.9. The lowest BCUT2D eigenvalue weighted by atomic mass is 10.1. The predicted octanol–water partition coefficient (Wildman–Crippen LogP) is 2.47. The van der Waals surface area contributed by atoms with Gasteiger partial charge in [0.2, 0.25) is 0 Å². The molecular formula is C15H22F2N2O. The summed E-state index contributed by atoms with van der Waals surface area (Å²) in [5.74, 6) is 0.247. The molecule has 3 nitrogen and oxygen atoms in total. The summed E-state index contributed by atoms with van der Waals surface area (Å²) in [4.78, 5) is 4.79. The fraction of sp³-hybridized carbons (Fsp3) is 0.600. The molecule has 112 valence electrons. The van der Waals surface area contributed by atoms with Gasteiger partial charge in [-0.3, -0.25) is 0 Å². The number of alkyl halides is 2. The van der Waals surface area contributed by atoms with Crippen molar-refractivity contribution in [2.75, 3.05) is 39.8 Å². The molecule has 1 saturated heterocycles. The second kappa shape index (κ2) is 7.55. The van der Waals surface area contributed by atoms with E-state index in [1.165, 1.54) is 0 Å². The van der Waals surface area contributed by atoms with Crippen molar-refractivity contribution < 1.29 is 13.5 Å². The molecule has 0 bridgehead atoms. The minimum Gasteiger partial charge on any atom is -0.435 e. The van der Waals surface area contributed by atoms with Crippen LogP contribution in [-0.2, 0) is 6.42 Å². The Morgan fingerprint density at radius 1 is 1.20 bits per heavy atom. The van der Waals surface area contributed by atoms with Crippen molar-refractivity contribution in [2.24, 2.45) is 0 Å². The van der Waals surface area contributed by atoms with Crippen LogP contribution in [0.15, 0.2) is 24.3 Å². The normalized spacial score (nSPS) is 17.6. The summed E-state index contributed by atoms with van der Waals surface area (Å²) >= 11 is 0. The molecule has 0 N–H and O–H groups in total.